The first-order chi connectivity index (χ1) is 11.8. The lowest BCUT2D eigenvalue weighted by Crippen LogP contribution is -2.54. The van der Waals surface area contributed by atoms with Crippen LogP contribution in [0.2, 0.25) is 5.02 Å². The fraction of sp³-hybridized carbons (Fsp3) is 0.500. The van der Waals surface area contributed by atoms with E-state index in [2.05, 4.69) is 10.3 Å². The Morgan fingerprint density at radius 1 is 1.42 bits per heavy atom. The molecule has 1 amide bonds. The summed E-state index contributed by atoms with van der Waals surface area (Å²) in [5.41, 5.74) is -1.94. The maximum absolute atomic E-state index is 13.8. The van der Waals surface area contributed by atoms with Crippen LogP contribution in [-0.4, -0.2) is 43.2 Å². The third kappa shape index (κ3) is 4.27. The van der Waals surface area contributed by atoms with Gasteiger partial charge in [-0.15, -0.1) is 0 Å². The molecule has 1 atom stereocenters. The minimum atomic E-state index is -3.83. The second-order valence-electron chi connectivity index (χ2n) is 7.16. The van der Waals surface area contributed by atoms with Gasteiger partial charge in [-0.2, -0.15) is 0 Å². The van der Waals surface area contributed by atoms with E-state index in [0.29, 0.717) is 0 Å². The Balaban J connectivity index is 2.49. The second kappa shape index (κ2) is 6.70. The molecule has 10 heteroatoms. The Bertz CT molecular complexity index is 867. The summed E-state index contributed by atoms with van der Waals surface area (Å²) < 4.78 is 44.9. The number of aliphatic imine (C=N–C) groups is 1. The van der Waals surface area contributed by atoms with Crippen LogP contribution in [0.1, 0.15) is 33.3 Å². The molecule has 144 valence electrons. The minimum absolute atomic E-state index is 0.208. The van der Waals surface area contributed by atoms with Crippen LogP contribution in [0.4, 0.5) is 9.18 Å². The van der Waals surface area contributed by atoms with Crippen LogP contribution >= 0.6 is 11.6 Å². The van der Waals surface area contributed by atoms with Gasteiger partial charge in [0.05, 0.1) is 10.8 Å². The summed E-state index contributed by atoms with van der Waals surface area (Å²) in [5.74, 6) is -1.34. The lowest BCUT2D eigenvalue weighted by Gasteiger charge is -2.36. The Hall–Kier alpha value is -1.87. The van der Waals surface area contributed by atoms with E-state index in [9.17, 15) is 17.6 Å². The highest BCUT2D eigenvalue weighted by Gasteiger charge is 2.43. The molecule has 1 aromatic carbocycles. The van der Waals surface area contributed by atoms with Gasteiger partial charge in [0.1, 0.15) is 17.0 Å². The van der Waals surface area contributed by atoms with Crippen LogP contribution in [0, 0.1) is 5.82 Å². The molecule has 26 heavy (non-hydrogen) atoms. The van der Waals surface area contributed by atoms with Crippen molar-refractivity contribution < 1.29 is 22.3 Å². The summed E-state index contributed by atoms with van der Waals surface area (Å²) >= 11 is 6.02. The molecule has 0 saturated heterocycles. The fourth-order valence-electron chi connectivity index (χ4n) is 2.48. The van der Waals surface area contributed by atoms with Crippen LogP contribution in [-0.2, 0) is 20.3 Å². The van der Waals surface area contributed by atoms with Gasteiger partial charge in [0.15, 0.2) is 0 Å². The lowest BCUT2D eigenvalue weighted by molar-refractivity contribution is 0.0559. The molecule has 2 rings (SSSR count). The molecule has 0 fully saturated rings. The third-order valence-corrected chi connectivity index (χ3v) is 5.99. The number of rotatable bonds is 1. The van der Waals surface area contributed by atoms with Crippen molar-refractivity contribution in [3.05, 3.63) is 34.6 Å². The molecule has 1 aliphatic heterocycles. The van der Waals surface area contributed by atoms with Gasteiger partial charge < -0.3 is 4.74 Å². The van der Waals surface area contributed by atoms with Gasteiger partial charge in [-0.05, 0) is 33.8 Å². The SMILES string of the molecule is CN1C(NC(=O)OC(C)(C)C)=N[C@](C)(c2cccc(F)c2Cl)CS1(=O)=O. The molecular formula is C16H21ClFN3O4S. The summed E-state index contributed by atoms with van der Waals surface area (Å²) in [6, 6.07) is 4.09. The third-order valence-electron chi connectivity index (χ3n) is 3.68. The summed E-state index contributed by atoms with van der Waals surface area (Å²) in [4.78, 5) is 16.4. The Morgan fingerprint density at radius 2 is 2.04 bits per heavy atom. The highest BCUT2D eigenvalue weighted by atomic mass is 35.5. The number of halogens is 2. The second-order valence-corrected chi connectivity index (χ2v) is 9.54. The molecule has 0 saturated carbocycles. The molecule has 1 heterocycles. The molecule has 1 aliphatic rings. The number of alkyl carbamates (subject to hydrolysis) is 1. The largest absolute Gasteiger partial charge is 0.444 e. The van der Waals surface area contributed by atoms with Crippen molar-refractivity contribution in [1.82, 2.24) is 9.62 Å². The van der Waals surface area contributed by atoms with Crippen molar-refractivity contribution in [2.75, 3.05) is 12.8 Å². The number of carbonyl (C=O) groups excluding carboxylic acids is 1. The topological polar surface area (TPSA) is 88.1 Å². The molecule has 7 nitrogen and oxygen atoms in total. The molecule has 0 spiro atoms. The molecule has 0 radical (unpaired) electrons. The van der Waals surface area contributed by atoms with Crippen molar-refractivity contribution in [3.63, 3.8) is 0 Å². The molecule has 0 aliphatic carbocycles. The zero-order valence-electron chi connectivity index (χ0n) is 15.1. The summed E-state index contributed by atoms with van der Waals surface area (Å²) in [6.07, 6.45) is -0.854. The molecule has 0 unspecified atom stereocenters. The van der Waals surface area contributed by atoms with Crippen molar-refractivity contribution in [2.45, 2.75) is 38.8 Å². The average molecular weight is 406 g/mol. The summed E-state index contributed by atoms with van der Waals surface area (Å²) in [5, 5.41) is 2.13. The van der Waals surface area contributed by atoms with E-state index in [1.807, 2.05) is 0 Å². The van der Waals surface area contributed by atoms with Gasteiger partial charge in [-0.1, -0.05) is 23.7 Å². The van der Waals surface area contributed by atoms with Crippen molar-refractivity contribution in [3.8, 4) is 0 Å². The van der Waals surface area contributed by atoms with Crippen LogP contribution in [0.5, 0.6) is 0 Å². The monoisotopic (exact) mass is 405 g/mol. The molecular weight excluding hydrogens is 385 g/mol. The van der Waals surface area contributed by atoms with E-state index >= 15 is 0 Å². The van der Waals surface area contributed by atoms with Crippen LogP contribution in [0.3, 0.4) is 0 Å². The van der Waals surface area contributed by atoms with Crippen molar-refractivity contribution >= 4 is 33.7 Å². The summed E-state index contributed by atoms with van der Waals surface area (Å²) in [7, 11) is -2.57. The van der Waals surface area contributed by atoms with E-state index in [1.165, 1.54) is 32.2 Å². The first-order valence-corrected chi connectivity index (χ1v) is 9.75. The van der Waals surface area contributed by atoms with Gasteiger partial charge in [-0.25, -0.2) is 26.9 Å². The zero-order valence-corrected chi connectivity index (χ0v) is 16.7. The highest BCUT2D eigenvalue weighted by molar-refractivity contribution is 7.89. The number of nitrogens with one attached hydrogen (secondary N) is 1. The first-order valence-electron chi connectivity index (χ1n) is 7.76. The normalized spacial score (nSPS) is 22.6. The Morgan fingerprint density at radius 3 is 2.62 bits per heavy atom. The molecule has 0 aromatic heterocycles. The lowest BCUT2D eigenvalue weighted by atomic mass is 9.94. The fourth-order valence-corrected chi connectivity index (χ4v) is 4.28. The number of hydrogen-bond acceptors (Lipinski definition) is 5. The van der Waals surface area contributed by atoms with E-state index < -0.39 is 38.8 Å². The number of nitrogens with zero attached hydrogens (tertiary/aromatic N) is 2. The number of guanidine groups is 1. The maximum atomic E-state index is 13.8. The van der Waals surface area contributed by atoms with Gasteiger partial charge in [0, 0.05) is 12.6 Å². The van der Waals surface area contributed by atoms with E-state index in [-0.39, 0.29) is 16.5 Å². The van der Waals surface area contributed by atoms with Gasteiger partial charge >= 0.3 is 6.09 Å². The minimum Gasteiger partial charge on any atom is -0.444 e. The Kier molecular flexibility index (Phi) is 5.26. The van der Waals surface area contributed by atoms with E-state index in [4.69, 9.17) is 16.3 Å². The molecule has 0 bridgehead atoms. The first kappa shape index (κ1) is 20.4. The highest BCUT2D eigenvalue weighted by Crippen LogP contribution is 2.37. The number of carbonyl (C=O) groups is 1. The van der Waals surface area contributed by atoms with Crippen LogP contribution in [0.15, 0.2) is 23.2 Å². The zero-order chi connectivity index (χ0) is 19.9. The number of amides is 1. The number of benzene rings is 1. The quantitative estimate of drug-likeness (QED) is 0.778. The number of hydrogen-bond donors (Lipinski definition) is 1. The predicted octanol–water partition coefficient (Wildman–Crippen LogP) is 2.85. The Labute approximate surface area is 157 Å². The average Bonchev–Trinajstić information content (AvgIpc) is 2.44. The number of ether oxygens (including phenoxy) is 1. The van der Waals surface area contributed by atoms with Crippen molar-refractivity contribution in [1.29, 1.82) is 0 Å². The molecule has 1 aromatic rings. The molecule has 1 N–H and O–H groups in total. The van der Waals surface area contributed by atoms with Gasteiger partial charge in [0.2, 0.25) is 16.0 Å². The van der Waals surface area contributed by atoms with Crippen LogP contribution in [0.25, 0.3) is 0 Å². The summed E-state index contributed by atoms with van der Waals surface area (Å²) in [6.45, 7) is 6.53. The van der Waals surface area contributed by atoms with Gasteiger partial charge in [0.25, 0.3) is 0 Å². The number of sulfonamides is 1. The smallest absolute Gasteiger partial charge is 0.414 e. The van der Waals surface area contributed by atoms with E-state index in [0.717, 1.165) is 4.31 Å². The van der Waals surface area contributed by atoms with Crippen molar-refractivity contribution in [2.24, 2.45) is 4.99 Å². The van der Waals surface area contributed by atoms with E-state index in [1.54, 1.807) is 20.8 Å². The maximum Gasteiger partial charge on any atom is 0.414 e. The van der Waals surface area contributed by atoms with Crippen LogP contribution < -0.4 is 5.32 Å². The van der Waals surface area contributed by atoms with Gasteiger partial charge in [-0.3, -0.25) is 5.32 Å². The predicted molar refractivity (Wildman–Crippen MR) is 97.1 cm³/mol. The standard InChI is InChI=1S/C16H21ClFN3O4S/c1-15(2,3)25-14(22)19-13-20-16(4,9-26(23,24)21(13)5)10-7-6-8-11(18)12(10)17/h6-8H,9H2,1-5H3,(H,19,20,22)/t16-/m0/s1.